The monoisotopic (exact) mass is 645 g/mol. The van der Waals surface area contributed by atoms with Crippen LogP contribution in [0.5, 0.6) is 0 Å². The van der Waals surface area contributed by atoms with Crippen LogP contribution in [0.3, 0.4) is 0 Å². The molecule has 7 rings (SSSR count). The molecular formula is C32H26IrN3. The van der Waals surface area contributed by atoms with Crippen LogP contribution in [0.4, 0.5) is 17.1 Å². The first kappa shape index (κ1) is 24.2. The number of hydrogen-bond donors (Lipinski definition) is 0. The van der Waals surface area contributed by atoms with Crippen molar-refractivity contribution < 1.29 is 20.1 Å². The third kappa shape index (κ3) is 4.01. The Balaban J connectivity index is 0.000000175. The van der Waals surface area contributed by atoms with Crippen molar-refractivity contribution in [3.63, 3.8) is 0 Å². The van der Waals surface area contributed by atoms with Gasteiger partial charge < -0.3 is 14.8 Å². The van der Waals surface area contributed by atoms with Crippen LogP contribution in [-0.2, 0) is 25.5 Å². The van der Waals surface area contributed by atoms with Crippen LogP contribution in [0.2, 0.25) is 0 Å². The molecule has 0 saturated heterocycles. The van der Waals surface area contributed by atoms with Crippen molar-refractivity contribution in [2.45, 2.75) is 19.3 Å². The van der Waals surface area contributed by atoms with Crippen LogP contribution in [0.25, 0.3) is 22.0 Å². The smallest absolute Gasteiger partial charge is 0.504 e. The zero-order chi connectivity index (χ0) is 24.0. The zero-order valence-corrected chi connectivity index (χ0v) is 22.9. The predicted molar refractivity (Wildman–Crippen MR) is 145 cm³/mol. The number of rotatable bonds is 1. The van der Waals surface area contributed by atoms with E-state index in [-0.39, 0.29) is 25.5 Å². The summed E-state index contributed by atoms with van der Waals surface area (Å²) < 4.78 is 0. The summed E-state index contributed by atoms with van der Waals surface area (Å²) in [6, 6.07) is 37.9. The summed E-state index contributed by atoms with van der Waals surface area (Å²) in [5.74, 6) is 0. The fraction of sp³-hybridized carbons (Fsp3) is 0.125. The van der Waals surface area contributed by atoms with Gasteiger partial charge in [-0.1, -0.05) is 61.5 Å². The first-order chi connectivity index (χ1) is 17.0. The van der Waals surface area contributed by atoms with Crippen LogP contribution in [0, 0.1) is 18.8 Å². The molecular weight excluding hydrogens is 619 g/mol. The molecule has 1 aromatic heterocycles. The van der Waals surface area contributed by atoms with Gasteiger partial charge in [-0.15, -0.1) is 70.9 Å². The van der Waals surface area contributed by atoms with E-state index in [2.05, 4.69) is 103 Å². The Morgan fingerprint density at radius 2 is 1.67 bits per heavy atom. The number of hydrogen-bond acceptors (Lipinski definition) is 3. The van der Waals surface area contributed by atoms with Gasteiger partial charge in [-0.2, -0.15) is 6.67 Å². The molecule has 0 bridgehead atoms. The van der Waals surface area contributed by atoms with E-state index in [0.29, 0.717) is 0 Å². The Hall–Kier alpha value is -3.46. The minimum absolute atomic E-state index is 0. The number of fused-ring (bicyclic) bond motifs is 3. The van der Waals surface area contributed by atoms with Gasteiger partial charge in [0.2, 0.25) is 0 Å². The molecule has 2 aliphatic rings. The van der Waals surface area contributed by atoms with Crippen molar-refractivity contribution >= 4 is 27.8 Å². The Labute approximate surface area is 226 Å². The summed E-state index contributed by atoms with van der Waals surface area (Å²) in [6.45, 7) is 6.81. The molecule has 3 heterocycles. The molecule has 0 amide bonds. The largest absolute Gasteiger partial charge is 3.00 e. The fourth-order valence-corrected chi connectivity index (χ4v) is 5.08. The summed E-state index contributed by atoms with van der Waals surface area (Å²) in [7, 11) is 2.11. The maximum atomic E-state index is 4.22. The third-order valence-electron chi connectivity index (χ3n) is 6.93. The Kier molecular flexibility index (Phi) is 6.42. The van der Waals surface area contributed by atoms with Crippen LogP contribution < -0.4 is 9.80 Å². The summed E-state index contributed by atoms with van der Waals surface area (Å²) in [5, 5.41) is 2.43. The van der Waals surface area contributed by atoms with Crippen LogP contribution in [0.15, 0.2) is 97.2 Å². The third-order valence-corrected chi connectivity index (χ3v) is 6.93. The molecule has 0 fully saturated rings. The van der Waals surface area contributed by atoms with E-state index in [1.165, 1.54) is 39.0 Å². The summed E-state index contributed by atoms with van der Waals surface area (Å²) >= 11 is 0. The summed E-state index contributed by atoms with van der Waals surface area (Å²) in [4.78, 5) is 8.72. The predicted octanol–water partition coefficient (Wildman–Crippen LogP) is 7.53. The normalized spacial score (nSPS) is 14.3. The summed E-state index contributed by atoms with van der Waals surface area (Å²) in [5.41, 5.74) is 8.45. The van der Waals surface area contributed by atoms with E-state index in [1.54, 1.807) is 6.20 Å². The molecule has 178 valence electrons. The van der Waals surface area contributed by atoms with Gasteiger partial charge in [-0.05, 0) is 35.9 Å². The molecule has 36 heavy (non-hydrogen) atoms. The van der Waals surface area contributed by atoms with Crippen LogP contribution in [-0.4, -0.2) is 12.0 Å². The van der Waals surface area contributed by atoms with Crippen molar-refractivity contribution in [2.75, 3.05) is 16.8 Å². The fourth-order valence-electron chi connectivity index (χ4n) is 5.08. The number of para-hydroxylation sites is 1. The molecule has 0 spiro atoms. The molecule has 0 aliphatic carbocycles. The van der Waals surface area contributed by atoms with Gasteiger partial charge in [0.05, 0.1) is 0 Å². The summed E-state index contributed by atoms with van der Waals surface area (Å²) in [6.07, 6.45) is 1.79. The minimum atomic E-state index is -0.0310. The van der Waals surface area contributed by atoms with E-state index < -0.39 is 0 Å². The van der Waals surface area contributed by atoms with E-state index >= 15 is 0 Å². The van der Waals surface area contributed by atoms with E-state index in [0.717, 1.165) is 11.3 Å². The second-order valence-electron chi connectivity index (χ2n) is 9.50. The first-order valence-corrected chi connectivity index (χ1v) is 11.9. The zero-order valence-electron chi connectivity index (χ0n) is 20.5. The van der Waals surface area contributed by atoms with Gasteiger partial charge in [-0.25, -0.2) is 0 Å². The Bertz CT molecular complexity index is 1480. The first-order valence-electron chi connectivity index (χ1n) is 11.9. The van der Waals surface area contributed by atoms with Gasteiger partial charge in [0, 0.05) is 17.6 Å². The van der Waals surface area contributed by atoms with Gasteiger partial charge in [0.25, 0.3) is 0 Å². The van der Waals surface area contributed by atoms with Gasteiger partial charge in [0.1, 0.15) is 0 Å². The van der Waals surface area contributed by atoms with Crippen molar-refractivity contribution in [1.29, 1.82) is 0 Å². The van der Waals surface area contributed by atoms with Crippen LogP contribution >= 0.6 is 0 Å². The average Bonchev–Trinajstić information content (AvgIpc) is 3.25. The average molecular weight is 645 g/mol. The second kappa shape index (κ2) is 9.54. The molecule has 5 aromatic rings. The maximum absolute atomic E-state index is 4.22. The Morgan fingerprint density at radius 1 is 0.861 bits per heavy atom. The molecule has 0 saturated carbocycles. The quantitative estimate of drug-likeness (QED) is 0.176. The number of nitrogens with zero attached hydrogens (tertiary/aromatic N) is 3. The van der Waals surface area contributed by atoms with Gasteiger partial charge in [0.15, 0.2) is 0 Å². The second-order valence-corrected chi connectivity index (χ2v) is 9.50. The molecule has 0 radical (unpaired) electrons. The molecule has 4 heteroatoms. The molecule has 0 unspecified atom stereocenters. The molecule has 2 aliphatic heterocycles. The van der Waals surface area contributed by atoms with Crippen molar-refractivity contribution in [3.05, 3.63) is 127 Å². The number of aromatic nitrogens is 1. The maximum Gasteiger partial charge on any atom is 3.00 e. The molecule has 4 aromatic carbocycles. The van der Waals surface area contributed by atoms with Gasteiger partial charge >= 0.3 is 20.1 Å². The van der Waals surface area contributed by atoms with Crippen LogP contribution in [0.1, 0.15) is 25.0 Å². The molecule has 3 nitrogen and oxygen atoms in total. The molecule has 0 N–H and O–H groups in total. The minimum Gasteiger partial charge on any atom is -0.504 e. The molecule has 0 atom stereocenters. The number of anilines is 3. The standard InChI is InChI=1S/C21H18N2.C11H8N.Ir/c1-21(2)16-9-6-10-18-20(16)23(13-22(18)3)19-12-15-8-5-4-7-14(15)11-17(19)21;1-2-6-10(7-3-1)11-8-4-5-9-12-11;/h4-11,13H,1-3H3;1-6,8-9H;/q-2;-1;+3. The van der Waals surface area contributed by atoms with E-state index in [4.69, 9.17) is 0 Å². The topological polar surface area (TPSA) is 19.4 Å². The van der Waals surface area contributed by atoms with Crippen molar-refractivity contribution in [3.8, 4) is 11.3 Å². The SMILES string of the molecule is CN1[CH-]N2c3[c-]c4ccccc4cc3C(C)(C)c3cccc1c32.[Ir+3].[c-]1ccccc1-c1ccccn1. The van der Waals surface area contributed by atoms with E-state index in [1.807, 2.05) is 42.5 Å². The van der Waals surface area contributed by atoms with Gasteiger partial charge in [-0.3, -0.25) is 0 Å². The van der Waals surface area contributed by atoms with Crippen molar-refractivity contribution in [2.24, 2.45) is 0 Å². The van der Waals surface area contributed by atoms with E-state index in [9.17, 15) is 0 Å². The number of pyridine rings is 1. The number of benzene rings is 4. The Morgan fingerprint density at radius 3 is 2.44 bits per heavy atom. The van der Waals surface area contributed by atoms with Crippen molar-refractivity contribution in [1.82, 2.24) is 4.98 Å².